The van der Waals surface area contributed by atoms with Crippen molar-refractivity contribution in [2.45, 2.75) is 44.8 Å². The number of nitrogens with zero attached hydrogens (tertiary/aromatic N) is 1. The number of carbonyl (C=O) groups excluding carboxylic acids is 1. The van der Waals surface area contributed by atoms with E-state index in [1.807, 2.05) is 6.92 Å². The van der Waals surface area contributed by atoms with Gasteiger partial charge in [-0.3, -0.25) is 4.79 Å². The molecule has 0 radical (unpaired) electrons. The summed E-state index contributed by atoms with van der Waals surface area (Å²) >= 11 is 0. The smallest absolute Gasteiger partial charge is 0.341 e. The summed E-state index contributed by atoms with van der Waals surface area (Å²) in [6.45, 7) is 3.03. The molecule has 3 nitrogen and oxygen atoms in total. The van der Waals surface area contributed by atoms with Crippen molar-refractivity contribution in [2.75, 3.05) is 13.1 Å². The minimum absolute atomic E-state index is 0.0500. The number of carbonyl (C=O) groups is 1. The van der Waals surface area contributed by atoms with Gasteiger partial charge in [0.25, 0.3) is 0 Å². The fourth-order valence-electron chi connectivity index (χ4n) is 3.14. The van der Waals surface area contributed by atoms with Crippen LogP contribution in [0.5, 0.6) is 0 Å². The molecule has 2 aliphatic rings. The summed E-state index contributed by atoms with van der Waals surface area (Å²) in [4.78, 5) is 13.9. The monoisotopic (exact) mass is 278 g/mol. The lowest BCUT2D eigenvalue weighted by Gasteiger charge is -2.32. The average molecular weight is 278 g/mol. The summed E-state index contributed by atoms with van der Waals surface area (Å²) in [6.07, 6.45) is -3.01. The van der Waals surface area contributed by atoms with Gasteiger partial charge < -0.3 is 10.6 Å². The van der Waals surface area contributed by atoms with E-state index in [0.717, 1.165) is 0 Å². The third-order valence-corrected chi connectivity index (χ3v) is 4.47. The number of hydrogen-bond acceptors (Lipinski definition) is 2. The van der Waals surface area contributed by atoms with E-state index in [9.17, 15) is 18.0 Å². The summed E-state index contributed by atoms with van der Waals surface area (Å²) in [6, 6.07) is -0.0500. The maximum absolute atomic E-state index is 12.7. The van der Waals surface area contributed by atoms with Crippen LogP contribution in [0.2, 0.25) is 0 Å². The summed E-state index contributed by atoms with van der Waals surface area (Å²) in [5.74, 6) is -1.69. The molecule has 4 unspecified atom stereocenters. The first-order chi connectivity index (χ1) is 8.79. The van der Waals surface area contributed by atoms with Crippen molar-refractivity contribution in [3.63, 3.8) is 0 Å². The van der Waals surface area contributed by atoms with Gasteiger partial charge in [0.15, 0.2) is 0 Å². The fraction of sp³-hybridized carbons (Fsp3) is 0.923. The van der Waals surface area contributed by atoms with E-state index in [1.54, 1.807) is 4.90 Å². The number of likely N-dealkylation sites (tertiary alicyclic amines) is 1. The van der Waals surface area contributed by atoms with Crippen LogP contribution in [0.3, 0.4) is 0 Å². The number of alkyl halides is 3. The molecule has 6 heteroatoms. The molecule has 0 aromatic rings. The van der Waals surface area contributed by atoms with Crippen LogP contribution in [-0.4, -0.2) is 36.1 Å². The van der Waals surface area contributed by atoms with E-state index in [1.165, 1.54) is 0 Å². The molecular formula is C13H21F3N2O. The van der Waals surface area contributed by atoms with E-state index < -0.39 is 18.0 Å². The van der Waals surface area contributed by atoms with Gasteiger partial charge in [0.2, 0.25) is 5.91 Å². The highest BCUT2D eigenvalue weighted by atomic mass is 19.4. The lowest BCUT2D eigenvalue weighted by Crippen LogP contribution is -2.40. The Hall–Kier alpha value is -0.780. The summed E-state index contributed by atoms with van der Waals surface area (Å²) in [7, 11) is 0. The first-order valence-corrected chi connectivity index (χ1v) is 6.90. The Morgan fingerprint density at radius 3 is 2.47 bits per heavy atom. The molecule has 0 aromatic heterocycles. The Kier molecular flexibility index (Phi) is 4.08. The summed E-state index contributed by atoms with van der Waals surface area (Å²) < 4.78 is 38.2. The van der Waals surface area contributed by atoms with Gasteiger partial charge >= 0.3 is 6.18 Å². The largest absolute Gasteiger partial charge is 0.391 e. The van der Waals surface area contributed by atoms with Crippen LogP contribution in [0.25, 0.3) is 0 Å². The standard InChI is InChI=1S/C13H21F3N2O/c1-8-6-18(7-11(8)17)12(19)9-3-2-4-10(5-9)13(14,15)16/h8-11H,2-7,17H2,1H3. The number of rotatable bonds is 1. The normalized spacial score (nSPS) is 36.6. The highest BCUT2D eigenvalue weighted by Crippen LogP contribution is 2.40. The first-order valence-electron chi connectivity index (χ1n) is 6.90. The van der Waals surface area contributed by atoms with Crippen LogP contribution in [0.4, 0.5) is 13.2 Å². The molecular weight excluding hydrogens is 257 g/mol. The molecule has 1 aliphatic carbocycles. The van der Waals surface area contributed by atoms with Crippen molar-refractivity contribution in [1.29, 1.82) is 0 Å². The van der Waals surface area contributed by atoms with E-state index >= 15 is 0 Å². The topological polar surface area (TPSA) is 46.3 Å². The fourth-order valence-corrected chi connectivity index (χ4v) is 3.14. The average Bonchev–Trinajstić information content (AvgIpc) is 2.68. The molecule has 2 N–H and O–H groups in total. The molecule has 2 fully saturated rings. The molecule has 1 heterocycles. The number of amides is 1. The third kappa shape index (κ3) is 3.22. The van der Waals surface area contributed by atoms with Crippen LogP contribution in [-0.2, 0) is 4.79 Å². The maximum Gasteiger partial charge on any atom is 0.391 e. The number of nitrogens with two attached hydrogens (primary N) is 1. The van der Waals surface area contributed by atoms with Crippen LogP contribution in [0, 0.1) is 17.8 Å². The van der Waals surface area contributed by atoms with Gasteiger partial charge in [0, 0.05) is 25.0 Å². The Bertz CT molecular complexity index is 335. The van der Waals surface area contributed by atoms with Gasteiger partial charge in [-0.1, -0.05) is 13.3 Å². The van der Waals surface area contributed by atoms with Crippen LogP contribution in [0.15, 0.2) is 0 Å². The molecule has 1 aliphatic heterocycles. The zero-order valence-electron chi connectivity index (χ0n) is 11.1. The lowest BCUT2D eigenvalue weighted by molar-refractivity contribution is -0.187. The minimum atomic E-state index is -4.17. The number of hydrogen-bond donors (Lipinski definition) is 1. The second-order valence-electron chi connectivity index (χ2n) is 5.99. The van der Waals surface area contributed by atoms with Gasteiger partial charge in [-0.15, -0.1) is 0 Å². The van der Waals surface area contributed by atoms with Gasteiger partial charge in [0.05, 0.1) is 5.92 Å². The SMILES string of the molecule is CC1CN(C(=O)C2CCCC(C(F)(F)F)C2)CC1N. The van der Waals surface area contributed by atoms with Crippen molar-refractivity contribution in [3.05, 3.63) is 0 Å². The van der Waals surface area contributed by atoms with Crippen LogP contribution >= 0.6 is 0 Å². The Morgan fingerprint density at radius 1 is 1.26 bits per heavy atom. The highest BCUT2D eigenvalue weighted by Gasteiger charge is 2.45. The third-order valence-electron chi connectivity index (χ3n) is 4.47. The quantitative estimate of drug-likeness (QED) is 0.799. The zero-order valence-corrected chi connectivity index (χ0v) is 11.1. The second kappa shape index (κ2) is 5.31. The van der Waals surface area contributed by atoms with Gasteiger partial charge in [-0.05, 0) is 25.2 Å². The Labute approximate surface area is 111 Å². The van der Waals surface area contributed by atoms with Gasteiger partial charge in [0.1, 0.15) is 0 Å². The Morgan fingerprint density at radius 2 is 1.95 bits per heavy atom. The van der Waals surface area contributed by atoms with Crippen LogP contribution in [0.1, 0.15) is 32.6 Å². The molecule has 0 aromatic carbocycles. The lowest BCUT2D eigenvalue weighted by atomic mass is 9.80. The molecule has 19 heavy (non-hydrogen) atoms. The van der Waals surface area contributed by atoms with E-state index in [0.29, 0.717) is 25.9 Å². The summed E-state index contributed by atoms with van der Waals surface area (Å²) in [5, 5.41) is 0. The first kappa shape index (κ1) is 14.6. The predicted octanol–water partition coefficient (Wildman–Crippen LogP) is 2.16. The predicted molar refractivity (Wildman–Crippen MR) is 65.2 cm³/mol. The summed E-state index contributed by atoms with van der Waals surface area (Å²) in [5.41, 5.74) is 5.86. The van der Waals surface area contributed by atoms with E-state index in [-0.39, 0.29) is 30.7 Å². The zero-order chi connectivity index (χ0) is 14.2. The highest BCUT2D eigenvalue weighted by molar-refractivity contribution is 5.79. The molecule has 1 saturated carbocycles. The molecule has 110 valence electrons. The number of halogens is 3. The van der Waals surface area contributed by atoms with Gasteiger partial charge in [-0.25, -0.2) is 0 Å². The van der Waals surface area contributed by atoms with E-state index in [4.69, 9.17) is 5.73 Å². The maximum atomic E-state index is 12.7. The molecule has 4 atom stereocenters. The molecule has 0 bridgehead atoms. The van der Waals surface area contributed by atoms with Crippen LogP contribution < -0.4 is 5.73 Å². The molecule has 0 spiro atoms. The van der Waals surface area contributed by atoms with Crippen molar-refractivity contribution in [2.24, 2.45) is 23.5 Å². The van der Waals surface area contributed by atoms with E-state index in [2.05, 4.69) is 0 Å². The van der Waals surface area contributed by atoms with Gasteiger partial charge in [-0.2, -0.15) is 13.2 Å². The molecule has 1 amide bonds. The Balaban J connectivity index is 1.96. The molecule has 1 saturated heterocycles. The van der Waals surface area contributed by atoms with Crippen molar-refractivity contribution >= 4 is 5.91 Å². The van der Waals surface area contributed by atoms with Crippen molar-refractivity contribution in [3.8, 4) is 0 Å². The van der Waals surface area contributed by atoms with Crippen molar-refractivity contribution in [1.82, 2.24) is 4.90 Å². The minimum Gasteiger partial charge on any atom is -0.341 e. The second-order valence-corrected chi connectivity index (χ2v) is 5.99. The van der Waals surface area contributed by atoms with Crippen molar-refractivity contribution < 1.29 is 18.0 Å². The molecule has 2 rings (SSSR count).